The van der Waals surface area contributed by atoms with E-state index in [0.717, 1.165) is 32.8 Å². The monoisotopic (exact) mass is 408 g/mol. The number of methoxy groups -OCH3 is 1. The summed E-state index contributed by atoms with van der Waals surface area (Å²) in [5.41, 5.74) is 3.27. The summed E-state index contributed by atoms with van der Waals surface area (Å²) in [6.45, 7) is 1.90. The number of aryl methyl sites for hydroxylation is 1. The van der Waals surface area contributed by atoms with E-state index < -0.39 is 0 Å². The van der Waals surface area contributed by atoms with E-state index in [1.807, 2.05) is 31.2 Å². The van der Waals surface area contributed by atoms with Gasteiger partial charge in [0.25, 0.3) is 0 Å². The second kappa shape index (κ2) is 6.66. The maximum absolute atomic E-state index is 13.8. The van der Waals surface area contributed by atoms with Gasteiger partial charge in [-0.25, -0.2) is 9.37 Å². The third-order valence-electron chi connectivity index (χ3n) is 5.12. The summed E-state index contributed by atoms with van der Waals surface area (Å²) in [7, 11) is 1.62. The molecule has 5 rings (SSSR count). The van der Waals surface area contributed by atoms with E-state index in [9.17, 15) is 9.18 Å². The summed E-state index contributed by atoms with van der Waals surface area (Å²) >= 11 is 1.46. The van der Waals surface area contributed by atoms with E-state index >= 15 is 0 Å². The topological polar surface area (TPSA) is 69.0 Å². The fraction of sp³-hybridized carbons (Fsp3) is 0.190. The average Bonchev–Trinajstić information content (AvgIpc) is 3.27. The number of rotatable bonds is 3. The third-order valence-corrected chi connectivity index (χ3v) is 6.11. The zero-order chi connectivity index (χ0) is 20.1. The summed E-state index contributed by atoms with van der Waals surface area (Å²) < 4.78 is 21.7. The first-order valence-electron chi connectivity index (χ1n) is 9.13. The Hall–Kier alpha value is -3.26. The van der Waals surface area contributed by atoms with Crippen molar-refractivity contribution < 1.29 is 13.9 Å². The Morgan fingerprint density at radius 3 is 2.93 bits per heavy atom. The van der Waals surface area contributed by atoms with Crippen LogP contribution in [0.1, 0.15) is 29.2 Å². The molecule has 2 aromatic heterocycles. The molecule has 1 unspecified atom stereocenters. The second-order valence-electron chi connectivity index (χ2n) is 6.95. The Balaban J connectivity index is 1.66. The molecule has 2 aromatic carbocycles. The third kappa shape index (κ3) is 2.96. The number of ether oxygens (including phenoxy) is 1. The number of carbonyl (C=O) groups excluding carboxylic acids is 1. The molecule has 0 bridgehead atoms. The van der Waals surface area contributed by atoms with Crippen molar-refractivity contribution in [2.75, 3.05) is 12.4 Å². The van der Waals surface area contributed by atoms with Crippen molar-refractivity contribution in [3.05, 3.63) is 65.1 Å². The SMILES string of the molecule is COc1ccc2nc(-n3nc(C)c4c3NC(=O)CC4c3cccc(F)c3)sc2c1. The Labute approximate surface area is 170 Å². The molecule has 0 fully saturated rings. The molecule has 0 aliphatic carbocycles. The van der Waals surface area contributed by atoms with E-state index in [4.69, 9.17) is 4.74 Å². The maximum atomic E-state index is 13.8. The summed E-state index contributed by atoms with van der Waals surface area (Å²) in [5.74, 6) is 0.651. The fourth-order valence-electron chi connectivity index (χ4n) is 3.80. The van der Waals surface area contributed by atoms with Crippen LogP contribution in [0.2, 0.25) is 0 Å². The number of thiazole rings is 1. The Bertz CT molecular complexity index is 1260. The Morgan fingerprint density at radius 1 is 1.28 bits per heavy atom. The number of nitrogens with zero attached hydrogens (tertiary/aromatic N) is 3. The highest BCUT2D eigenvalue weighted by molar-refractivity contribution is 7.20. The van der Waals surface area contributed by atoms with Crippen LogP contribution in [0.5, 0.6) is 5.75 Å². The van der Waals surface area contributed by atoms with Crippen molar-refractivity contribution in [1.29, 1.82) is 0 Å². The largest absolute Gasteiger partial charge is 0.497 e. The number of fused-ring (bicyclic) bond motifs is 2. The van der Waals surface area contributed by atoms with Crippen molar-refractivity contribution in [2.24, 2.45) is 0 Å². The minimum absolute atomic E-state index is 0.129. The number of aromatic nitrogens is 3. The molecular weight excluding hydrogens is 391 g/mol. The van der Waals surface area contributed by atoms with Crippen LogP contribution in [0.4, 0.5) is 10.2 Å². The number of hydrogen-bond donors (Lipinski definition) is 1. The van der Waals surface area contributed by atoms with Gasteiger partial charge in [-0.3, -0.25) is 4.79 Å². The van der Waals surface area contributed by atoms with E-state index in [1.54, 1.807) is 17.9 Å². The van der Waals surface area contributed by atoms with Gasteiger partial charge < -0.3 is 10.1 Å². The van der Waals surface area contributed by atoms with Gasteiger partial charge in [0.15, 0.2) is 0 Å². The minimum Gasteiger partial charge on any atom is -0.497 e. The highest BCUT2D eigenvalue weighted by atomic mass is 32.1. The molecule has 1 amide bonds. The number of anilines is 1. The highest BCUT2D eigenvalue weighted by Gasteiger charge is 2.33. The molecule has 1 atom stereocenters. The van der Waals surface area contributed by atoms with Crippen LogP contribution in [0, 0.1) is 12.7 Å². The zero-order valence-corrected chi connectivity index (χ0v) is 16.6. The molecule has 0 saturated carbocycles. The molecule has 0 spiro atoms. The molecule has 1 N–H and O–H groups in total. The summed E-state index contributed by atoms with van der Waals surface area (Å²) in [6.07, 6.45) is 0.250. The quantitative estimate of drug-likeness (QED) is 0.545. The smallest absolute Gasteiger partial charge is 0.226 e. The van der Waals surface area contributed by atoms with Gasteiger partial charge in [-0.05, 0) is 42.8 Å². The van der Waals surface area contributed by atoms with Gasteiger partial charge in [-0.1, -0.05) is 23.5 Å². The van der Waals surface area contributed by atoms with Gasteiger partial charge in [0.2, 0.25) is 11.0 Å². The summed E-state index contributed by atoms with van der Waals surface area (Å²) in [6, 6.07) is 12.1. The predicted octanol–water partition coefficient (Wildman–Crippen LogP) is 4.41. The standard InChI is InChI=1S/C21H17FN4O2S/c1-11-19-15(12-4-3-5-13(22)8-12)10-18(27)24-20(19)26(25-11)21-23-16-7-6-14(28-2)9-17(16)29-21/h3-9,15H,10H2,1-2H3,(H,24,27). The fourth-order valence-corrected chi connectivity index (χ4v) is 4.76. The lowest BCUT2D eigenvalue weighted by atomic mass is 9.86. The molecule has 146 valence electrons. The molecule has 0 radical (unpaired) electrons. The van der Waals surface area contributed by atoms with Gasteiger partial charge in [-0.2, -0.15) is 9.78 Å². The van der Waals surface area contributed by atoms with E-state index in [-0.39, 0.29) is 24.1 Å². The second-order valence-corrected chi connectivity index (χ2v) is 7.96. The number of nitrogens with one attached hydrogen (secondary N) is 1. The zero-order valence-electron chi connectivity index (χ0n) is 15.8. The highest BCUT2D eigenvalue weighted by Crippen LogP contribution is 2.41. The van der Waals surface area contributed by atoms with Crippen LogP contribution in [-0.4, -0.2) is 27.8 Å². The predicted molar refractivity (Wildman–Crippen MR) is 110 cm³/mol. The molecule has 4 aromatic rings. The van der Waals surface area contributed by atoms with Crippen LogP contribution in [0.3, 0.4) is 0 Å². The number of carbonyl (C=O) groups is 1. The lowest BCUT2D eigenvalue weighted by molar-refractivity contribution is -0.116. The lowest BCUT2D eigenvalue weighted by Crippen LogP contribution is -2.25. The first-order chi connectivity index (χ1) is 14.0. The Morgan fingerprint density at radius 2 is 2.14 bits per heavy atom. The van der Waals surface area contributed by atoms with Crippen LogP contribution in [0.25, 0.3) is 15.3 Å². The summed E-state index contributed by atoms with van der Waals surface area (Å²) in [5, 5.41) is 8.25. The van der Waals surface area contributed by atoms with Crippen molar-refractivity contribution in [3.8, 4) is 10.9 Å². The van der Waals surface area contributed by atoms with Crippen LogP contribution in [-0.2, 0) is 4.79 Å². The van der Waals surface area contributed by atoms with Gasteiger partial charge in [-0.15, -0.1) is 0 Å². The van der Waals surface area contributed by atoms with E-state index in [2.05, 4.69) is 15.4 Å². The number of hydrogen-bond acceptors (Lipinski definition) is 5. The van der Waals surface area contributed by atoms with Crippen LogP contribution in [0.15, 0.2) is 42.5 Å². The summed E-state index contributed by atoms with van der Waals surface area (Å²) in [4.78, 5) is 17.1. The normalized spacial score (nSPS) is 16.0. The molecule has 0 saturated heterocycles. The van der Waals surface area contributed by atoms with Crippen molar-refractivity contribution in [1.82, 2.24) is 14.8 Å². The first kappa shape index (κ1) is 17.8. The average molecular weight is 408 g/mol. The molecule has 1 aliphatic heterocycles. The minimum atomic E-state index is -0.319. The van der Waals surface area contributed by atoms with Gasteiger partial charge in [0, 0.05) is 17.9 Å². The van der Waals surface area contributed by atoms with Crippen molar-refractivity contribution in [3.63, 3.8) is 0 Å². The van der Waals surface area contributed by atoms with Gasteiger partial charge in [0.05, 0.1) is 23.0 Å². The molecule has 6 nitrogen and oxygen atoms in total. The van der Waals surface area contributed by atoms with Gasteiger partial charge in [0.1, 0.15) is 17.4 Å². The Kier molecular flexibility index (Phi) is 4.09. The molecule has 1 aliphatic rings. The number of amides is 1. The molecule has 8 heteroatoms. The van der Waals surface area contributed by atoms with Gasteiger partial charge >= 0.3 is 0 Å². The van der Waals surface area contributed by atoms with Crippen molar-refractivity contribution in [2.45, 2.75) is 19.3 Å². The van der Waals surface area contributed by atoms with E-state index in [0.29, 0.717) is 10.9 Å². The maximum Gasteiger partial charge on any atom is 0.226 e. The first-order valence-corrected chi connectivity index (χ1v) is 9.95. The molecule has 29 heavy (non-hydrogen) atoms. The molecule has 3 heterocycles. The van der Waals surface area contributed by atoms with Crippen LogP contribution >= 0.6 is 11.3 Å². The lowest BCUT2D eigenvalue weighted by Gasteiger charge is -2.24. The molecular formula is C21H17FN4O2S. The van der Waals surface area contributed by atoms with Crippen LogP contribution < -0.4 is 10.1 Å². The van der Waals surface area contributed by atoms with E-state index in [1.165, 1.54) is 23.5 Å². The number of halogens is 1. The number of benzene rings is 2. The van der Waals surface area contributed by atoms with Crippen molar-refractivity contribution >= 4 is 33.3 Å².